The van der Waals surface area contributed by atoms with E-state index in [4.69, 9.17) is 14.6 Å². The van der Waals surface area contributed by atoms with Gasteiger partial charge in [-0.25, -0.2) is 9.59 Å². The number of carbonyl (C=O) groups is 2. The van der Waals surface area contributed by atoms with Crippen molar-refractivity contribution in [2.45, 2.75) is 18.8 Å². The lowest BCUT2D eigenvalue weighted by Crippen LogP contribution is -2.50. The minimum absolute atomic E-state index is 0.0436. The minimum atomic E-state index is -5.08. The summed E-state index contributed by atoms with van der Waals surface area (Å²) in [7, 11) is 1.65. The van der Waals surface area contributed by atoms with E-state index >= 15 is 0 Å². The van der Waals surface area contributed by atoms with Gasteiger partial charge >= 0.3 is 18.2 Å². The first-order chi connectivity index (χ1) is 17.2. The Hall–Kier alpha value is -4.06. The zero-order valence-corrected chi connectivity index (χ0v) is 19.4. The number of aromatic nitrogens is 2. The van der Waals surface area contributed by atoms with E-state index < -0.39 is 12.1 Å². The van der Waals surface area contributed by atoms with Gasteiger partial charge in [0.05, 0.1) is 19.7 Å². The first-order valence-corrected chi connectivity index (χ1v) is 11.0. The zero-order chi connectivity index (χ0) is 26.1. The Morgan fingerprint density at radius 1 is 1.19 bits per heavy atom. The summed E-state index contributed by atoms with van der Waals surface area (Å²) in [5.74, 6) is -1.96. The summed E-state index contributed by atoms with van der Waals surface area (Å²) >= 11 is 0. The van der Waals surface area contributed by atoms with Gasteiger partial charge in [-0.15, -0.1) is 0 Å². The summed E-state index contributed by atoms with van der Waals surface area (Å²) < 4.78 is 38.9. The second-order valence-corrected chi connectivity index (χ2v) is 7.82. The number of rotatable bonds is 5. The number of aliphatic carboxylic acids is 1. The average molecular weight is 505 g/mol. The van der Waals surface area contributed by atoms with E-state index in [9.17, 15) is 18.0 Å². The van der Waals surface area contributed by atoms with Crippen LogP contribution in [0.15, 0.2) is 67.0 Å². The smallest absolute Gasteiger partial charge is 0.490 e. The molecule has 0 aliphatic carbocycles. The normalized spacial score (nSPS) is 15.4. The van der Waals surface area contributed by atoms with Crippen LogP contribution >= 0.6 is 0 Å². The zero-order valence-electron chi connectivity index (χ0n) is 19.4. The number of carboxylic acids is 1. The molecule has 1 fully saturated rings. The maximum Gasteiger partial charge on any atom is 0.490 e. The molecule has 36 heavy (non-hydrogen) atoms. The predicted molar refractivity (Wildman–Crippen MR) is 126 cm³/mol. The van der Waals surface area contributed by atoms with Crippen LogP contribution in [-0.4, -0.2) is 64.7 Å². The number of hydrogen-bond acceptors (Lipinski definition) is 5. The molecule has 0 saturated carbocycles. The highest BCUT2D eigenvalue weighted by atomic mass is 19.4. The van der Waals surface area contributed by atoms with Crippen molar-refractivity contribution in [3.05, 3.63) is 78.1 Å². The number of methoxy groups -OCH3 is 1. The SMILES string of the molecule is COc1cccc(C2CNCCN2C(=O)Nc2ccc(Cn3cccn3)cc2)c1.O=C(O)C(F)(F)F. The molecule has 2 heterocycles. The van der Waals surface area contributed by atoms with Gasteiger partial charge in [0.2, 0.25) is 0 Å². The summed E-state index contributed by atoms with van der Waals surface area (Å²) in [4.78, 5) is 23.8. The monoisotopic (exact) mass is 505 g/mol. The molecule has 1 aliphatic heterocycles. The quantitative estimate of drug-likeness (QED) is 0.488. The van der Waals surface area contributed by atoms with Gasteiger partial charge in [-0.3, -0.25) is 4.68 Å². The van der Waals surface area contributed by atoms with E-state index in [1.807, 2.05) is 70.4 Å². The Bertz CT molecular complexity index is 1140. The Morgan fingerprint density at radius 3 is 2.53 bits per heavy atom. The standard InChI is InChI=1S/C22H25N5O2.C2HF3O2/c1-29-20-5-2-4-18(14-20)21-15-23-11-13-27(21)22(28)25-19-8-6-17(7-9-19)16-26-12-3-10-24-26;3-2(4,5)1(6)7/h2-10,12,14,21,23H,11,13,15-16H2,1H3,(H,25,28);(H,6,7). The maximum atomic E-state index is 13.0. The second kappa shape index (κ2) is 12.1. The van der Waals surface area contributed by atoms with Crippen molar-refractivity contribution in [1.29, 1.82) is 0 Å². The number of amides is 2. The topological polar surface area (TPSA) is 109 Å². The van der Waals surface area contributed by atoms with Gasteiger partial charge in [0, 0.05) is 37.7 Å². The van der Waals surface area contributed by atoms with Crippen LogP contribution in [0.1, 0.15) is 17.2 Å². The van der Waals surface area contributed by atoms with Crippen molar-refractivity contribution < 1.29 is 32.6 Å². The van der Waals surface area contributed by atoms with Crippen LogP contribution in [-0.2, 0) is 11.3 Å². The molecule has 9 nitrogen and oxygen atoms in total. The largest absolute Gasteiger partial charge is 0.497 e. The Balaban J connectivity index is 0.000000454. The molecular weight excluding hydrogens is 479 g/mol. The molecule has 12 heteroatoms. The number of piperazine rings is 1. The van der Waals surface area contributed by atoms with Crippen molar-refractivity contribution in [3.63, 3.8) is 0 Å². The first-order valence-electron chi connectivity index (χ1n) is 11.0. The van der Waals surface area contributed by atoms with Gasteiger partial charge in [-0.1, -0.05) is 24.3 Å². The highest BCUT2D eigenvalue weighted by Gasteiger charge is 2.38. The van der Waals surface area contributed by atoms with Crippen LogP contribution in [0.5, 0.6) is 5.75 Å². The van der Waals surface area contributed by atoms with E-state index in [0.717, 1.165) is 29.1 Å². The first kappa shape index (κ1) is 26.5. The van der Waals surface area contributed by atoms with Crippen LogP contribution in [0.25, 0.3) is 0 Å². The Kier molecular flexibility index (Phi) is 8.90. The van der Waals surface area contributed by atoms with E-state index in [2.05, 4.69) is 15.7 Å². The molecule has 3 aromatic rings. The molecular formula is C24H26F3N5O4. The molecule has 0 bridgehead atoms. The van der Waals surface area contributed by atoms with Gasteiger partial charge in [0.25, 0.3) is 0 Å². The molecule has 192 valence electrons. The molecule has 1 atom stereocenters. The minimum Gasteiger partial charge on any atom is -0.497 e. The molecule has 1 unspecified atom stereocenters. The number of halogens is 3. The number of nitrogens with one attached hydrogen (secondary N) is 2. The third-order valence-electron chi connectivity index (χ3n) is 5.33. The maximum absolute atomic E-state index is 13.0. The number of benzene rings is 2. The number of hydrogen-bond donors (Lipinski definition) is 3. The van der Waals surface area contributed by atoms with Gasteiger partial charge in [-0.05, 0) is 41.5 Å². The molecule has 2 amide bonds. The highest BCUT2D eigenvalue weighted by Crippen LogP contribution is 2.26. The lowest BCUT2D eigenvalue weighted by molar-refractivity contribution is -0.192. The van der Waals surface area contributed by atoms with Crippen molar-refractivity contribution in [1.82, 2.24) is 20.0 Å². The third kappa shape index (κ3) is 7.47. The fourth-order valence-corrected chi connectivity index (χ4v) is 3.56. The summed E-state index contributed by atoms with van der Waals surface area (Å²) in [6, 6.07) is 17.5. The van der Waals surface area contributed by atoms with E-state index in [0.29, 0.717) is 19.6 Å². The molecule has 3 N–H and O–H groups in total. The van der Waals surface area contributed by atoms with Crippen LogP contribution in [0.2, 0.25) is 0 Å². The summed E-state index contributed by atoms with van der Waals surface area (Å²) in [5, 5.41) is 17.8. The molecule has 1 aromatic heterocycles. The van der Waals surface area contributed by atoms with Crippen molar-refractivity contribution in [2.75, 3.05) is 32.1 Å². The van der Waals surface area contributed by atoms with Gasteiger partial charge < -0.3 is 25.4 Å². The third-order valence-corrected chi connectivity index (χ3v) is 5.33. The molecule has 1 saturated heterocycles. The molecule has 1 aliphatic rings. The van der Waals surface area contributed by atoms with Crippen LogP contribution in [0.4, 0.5) is 23.7 Å². The molecule has 2 aromatic carbocycles. The van der Waals surface area contributed by atoms with E-state index in [1.165, 1.54) is 0 Å². The number of urea groups is 1. The highest BCUT2D eigenvalue weighted by molar-refractivity contribution is 5.89. The van der Waals surface area contributed by atoms with E-state index in [-0.39, 0.29) is 12.1 Å². The fraction of sp³-hybridized carbons (Fsp3) is 0.292. The Labute approximate surface area is 205 Å². The van der Waals surface area contributed by atoms with Crippen molar-refractivity contribution in [2.24, 2.45) is 0 Å². The Morgan fingerprint density at radius 2 is 1.92 bits per heavy atom. The van der Waals surface area contributed by atoms with E-state index in [1.54, 1.807) is 13.3 Å². The summed E-state index contributed by atoms with van der Waals surface area (Å²) in [5.41, 5.74) is 2.96. The predicted octanol–water partition coefficient (Wildman–Crippen LogP) is 3.75. The molecule has 4 rings (SSSR count). The van der Waals surface area contributed by atoms with Crippen LogP contribution in [0.3, 0.4) is 0 Å². The lowest BCUT2D eigenvalue weighted by Gasteiger charge is -2.36. The number of ether oxygens (including phenoxy) is 1. The van der Waals surface area contributed by atoms with Gasteiger partial charge in [-0.2, -0.15) is 18.3 Å². The second-order valence-electron chi connectivity index (χ2n) is 7.82. The van der Waals surface area contributed by atoms with Crippen LogP contribution < -0.4 is 15.4 Å². The lowest BCUT2D eigenvalue weighted by atomic mass is 10.0. The molecule has 0 radical (unpaired) electrons. The summed E-state index contributed by atoms with van der Waals surface area (Å²) in [6.07, 6.45) is -1.39. The summed E-state index contributed by atoms with van der Waals surface area (Å²) in [6.45, 7) is 2.84. The number of carboxylic acid groups (broad SMARTS) is 1. The number of carbonyl (C=O) groups excluding carboxylic acids is 1. The van der Waals surface area contributed by atoms with Gasteiger partial charge in [0.15, 0.2) is 0 Å². The van der Waals surface area contributed by atoms with Gasteiger partial charge in [0.1, 0.15) is 5.75 Å². The average Bonchev–Trinajstić information content (AvgIpc) is 3.38. The number of anilines is 1. The fourth-order valence-electron chi connectivity index (χ4n) is 3.56. The number of alkyl halides is 3. The molecule has 0 spiro atoms. The number of nitrogens with zero attached hydrogens (tertiary/aromatic N) is 3. The van der Waals surface area contributed by atoms with Crippen molar-refractivity contribution >= 4 is 17.7 Å². The van der Waals surface area contributed by atoms with Crippen molar-refractivity contribution in [3.8, 4) is 5.75 Å². The van der Waals surface area contributed by atoms with Crippen LogP contribution in [0, 0.1) is 0 Å².